The smallest absolute Gasteiger partial charge is 0.306 e. The Morgan fingerprint density at radius 3 is 2.62 bits per heavy atom. The molecule has 0 aliphatic carbocycles. The standard InChI is InChI=1S/C11H13F2N3O4S/c1-7-6-14-2-3-15(7)21(19,20)11-5-10(16(17)18)8(12)4-9(11)13/h4-5,7,14H,2-3,6H2,1H3. The first-order valence-electron chi connectivity index (χ1n) is 6.11. The highest BCUT2D eigenvalue weighted by atomic mass is 32.2. The highest BCUT2D eigenvalue weighted by Gasteiger charge is 2.35. The first-order valence-corrected chi connectivity index (χ1v) is 7.55. The molecule has 0 saturated carbocycles. The number of nitrogens with one attached hydrogen (secondary N) is 1. The fraction of sp³-hybridized carbons (Fsp3) is 0.455. The van der Waals surface area contributed by atoms with Crippen molar-refractivity contribution in [3.05, 3.63) is 33.9 Å². The van der Waals surface area contributed by atoms with Gasteiger partial charge in [-0.2, -0.15) is 8.70 Å². The molecule has 1 saturated heterocycles. The molecule has 1 aromatic rings. The van der Waals surface area contributed by atoms with E-state index in [4.69, 9.17) is 0 Å². The van der Waals surface area contributed by atoms with E-state index in [1.54, 1.807) is 6.92 Å². The van der Waals surface area contributed by atoms with Crippen LogP contribution in [0.5, 0.6) is 0 Å². The van der Waals surface area contributed by atoms with Crippen LogP contribution in [0.25, 0.3) is 0 Å². The van der Waals surface area contributed by atoms with E-state index >= 15 is 0 Å². The maximum atomic E-state index is 13.8. The molecule has 2 rings (SSSR count). The molecule has 0 spiro atoms. The van der Waals surface area contributed by atoms with Gasteiger partial charge in [-0.25, -0.2) is 12.8 Å². The molecule has 1 atom stereocenters. The van der Waals surface area contributed by atoms with E-state index in [2.05, 4.69) is 5.32 Å². The van der Waals surface area contributed by atoms with Gasteiger partial charge in [-0.05, 0) is 6.92 Å². The van der Waals surface area contributed by atoms with Crippen LogP contribution in [-0.4, -0.2) is 43.3 Å². The maximum Gasteiger partial charge on any atom is 0.306 e. The summed E-state index contributed by atoms with van der Waals surface area (Å²) in [5.74, 6) is -2.76. The molecule has 1 aromatic carbocycles. The molecule has 1 aliphatic rings. The molecule has 1 heterocycles. The van der Waals surface area contributed by atoms with Crippen LogP contribution in [0.1, 0.15) is 6.92 Å². The third kappa shape index (κ3) is 2.87. The zero-order valence-electron chi connectivity index (χ0n) is 11.0. The van der Waals surface area contributed by atoms with Gasteiger partial charge in [-0.15, -0.1) is 0 Å². The molecule has 0 amide bonds. The van der Waals surface area contributed by atoms with Gasteiger partial charge >= 0.3 is 5.69 Å². The number of hydrogen-bond donors (Lipinski definition) is 1. The van der Waals surface area contributed by atoms with Gasteiger partial charge in [0, 0.05) is 37.8 Å². The summed E-state index contributed by atoms with van der Waals surface area (Å²) in [7, 11) is -4.27. The maximum absolute atomic E-state index is 13.8. The zero-order valence-corrected chi connectivity index (χ0v) is 11.9. The van der Waals surface area contributed by atoms with Gasteiger partial charge < -0.3 is 5.32 Å². The highest BCUT2D eigenvalue weighted by Crippen LogP contribution is 2.28. The fourth-order valence-electron chi connectivity index (χ4n) is 2.16. The average molecular weight is 321 g/mol. The summed E-state index contributed by atoms with van der Waals surface area (Å²) < 4.78 is 53.0. The third-order valence-electron chi connectivity index (χ3n) is 3.23. The summed E-state index contributed by atoms with van der Waals surface area (Å²) in [6.07, 6.45) is 0. The lowest BCUT2D eigenvalue weighted by molar-refractivity contribution is -0.387. The van der Waals surface area contributed by atoms with E-state index in [0.29, 0.717) is 19.2 Å². The largest absolute Gasteiger partial charge is 0.314 e. The van der Waals surface area contributed by atoms with E-state index < -0.39 is 43.2 Å². The van der Waals surface area contributed by atoms with Crippen molar-refractivity contribution >= 4 is 15.7 Å². The summed E-state index contributed by atoms with van der Waals surface area (Å²) >= 11 is 0. The van der Waals surface area contributed by atoms with E-state index in [1.165, 1.54) is 0 Å². The average Bonchev–Trinajstić information content (AvgIpc) is 2.38. The Morgan fingerprint density at radius 1 is 1.38 bits per heavy atom. The van der Waals surface area contributed by atoms with Crippen LogP contribution in [0.15, 0.2) is 17.0 Å². The van der Waals surface area contributed by atoms with Crippen molar-refractivity contribution in [3.8, 4) is 0 Å². The number of nitro benzene ring substituents is 1. The topological polar surface area (TPSA) is 92.6 Å². The Hall–Kier alpha value is -1.65. The fourth-order valence-corrected chi connectivity index (χ4v) is 3.86. The van der Waals surface area contributed by atoms with Crippen LogP contribution in [0.2, 0.25) is 0 Å². The van der Waals surface area contributed by atoms with Crippen molar-refractivity contribution in [2.45, 2.75) is 17.9 Å². The number of sulfonamides is 1. The van der Waals surface area contributed by atoms with Crippen molar-refractivity contribution in [2.75, 3.05) is 19.6 Å². The first-order chi connectivity index (χ1) is 9.75. The second kappa shape index (κ2) is 5.62. The Balaban J connectivity index is 2.54. The van der Waals surface area contributed by atoms with Crippen LogP contribution in [0.4, 0.5) is 14.5 Å². The number of halogens is 2. The summed E-state index contributed by atoms with van der Waals surface area (Å²) in [6.45, 7) is 2.49. The Morgan fingerprint density at radius 2 is 2.05 bits per heavy atom. The molecule has 0 bridgehead atoms. The second-order valence-electron chi connectivity index (χ2n) is 4.66. The van der Waals surface area contributed by atoms with Gasteiger partial charge in [-0.3, -0.25) is 10.1 Å². The SMILES string of the molecule is CC1CNCCN1S(=O)(=O)c1cc([N+](=O)[O-])c(F)cc1F. The Labute approximate surface area is 119 Å². The molecule has 21 heavy (non-hydrogen) atoms. The number of rotatable bonds is 3. The summed E-state index contributed by atoms with van der Waals surface area (Å²) in [6, 6.07) is 0.208. The van der Waals surface area contributed by atoms with Crippen LogP contribution >= 0.6 is 0 Å². The van der Waals surface area contributed by atoms with Crippen molar-refractivity contribution in [1.29, 1.82) is 0 Å². The zero-order chi connectivity index (χ0) is 15.8. The van der Waals surface area contributed by atoms with Crippen LogP contribution in [0.3, 0.4) is 0 Å². The van der Waals surface area contributed by atoms with Crippen molar-refractivity contribution < 1.29 is 22.1 Å². The Kier molecular flexibility index (Phi) is 4.21. The number of nitrogens with zero attached hydrogens (tertiary/aromatic N) is 2. The number of hydrogen-bond acceptors (Lipinski definition) is 5. The third-order valence-corrected chi connectivity index (χ3v) is 5.25. The van der Waals surface area contributed by atoms with Gasteiger partial charge in [0.1, 0.15) is 10.7 Å². The molecule has 10 heteroatoms. The molecular weight excluding hydrogens is 308 g/mol. The molecule has 116 valence electrons. The van der Waals surface area contributed by atoms with Crippen LogP contribution in [0, 0.1) is 21.7 Å². The van der Waals surface area contributed by atoms with Gasteiger partial charge in [-0.1, -0.05) is 0 Å². The number of nitro groups is 1. The second-order valence-corrected chi connectivity index (χ2v) is 6.52. The minimum atomic E-state index is -4.27. The summed E-state index contributed by atoms with van der Waals surface area (Å²) in [5, 5.41) is 13.7. The van der Waals surface area contributed by atoms with Gasteiger partial charge in [0.05, 0.1) is 4.92 Å². The predicted octanol–water partition coefficient (Wildman–Crippen LogP) is 0.855. The van der Waals surface area contributed by atoms with Gasteiger partial charge in [0.2, 0.25) is 15.8 Å². The minimum Gasteiger partial charge on any atom is -0.314 e. The monoisotopic (exact) mass is 321 g/mol. The summed E-state index contributed by atoms with van der Waals surface area (Å²) in [4.78, 5) is 8.70. The number of benzene rings is 1. The highest BCUT2D eigenvalue weighted by molar-refractivity contribution is 7.89. The molecule has 1 fully saturated rings. The quantitative estimate of drug-likeness (QED) is 0.658. The van der Waals surface area contributed by atoms with E-state index in [1.807, 2.05) is 0 Å². The Bertz CT molecular complexity index is 680. The lowest BCUT2D eigenvalue weighted by atomic mass is 10.3. The van der Waals surface area contributed by atoms with E-state index in [9.17, 15) is 27.3 Å². The van der Waals surface area contributed by atoms with Crippen LogP contribution < -0.4 is 5.32 Å². The molecule has 0 radical (unpaired) electrons. The van der Waals surface area contributed by atoms with E-state index in [-0.39, 0.29) is 12.6 Å². The lowest BCUT2D eigenvalue weighted by Gasteiger charge is -2.32. The van der Waals surface area contributed by atoms with Gasteiger partial charge in [0.25, 0.3) is 0 Å². The molecule has 1 aliphatic heterocycles. The van der Waals surface area contributed by atoms with Crippen molar-refractivity contribution in [3.63, 3.8) is 0 Å². The number of piperazine rings is 1. The lowest BCUT2D eigenvalue weighted by Crippen LogP contribution is -2.52. The first kappa shape index (κ1) is 15.7. The molecule has 1 unspecified atom stereocenters. The van der Waals surface area contributed by atoms with Crippen molar-refractivity contribution in [1.82, 2.24) is 9.62 Å². The predicted molar refractivity (Wildman–Crippen MR) is 69.2 cm³/mol. The molecule has 0 aromatic heterocycles. The molecular formula is C11H13F2N3O4S. The molecule has 7 nitrogen and oxygen atoms in total. The minimum absolute atomic E-state index is 0.105. The van der Waals surface area contributed by atoms with Gasteiger partial charge in [0.15, 0.2) is 0 Å². The van der Waals surface area contributed by atoms with E-state index in [0.717, 1.165) is 4.31 Å². The molecule has 1 N–H and O–H groups in total. The summed E-state index contributed by atoms with van der Waals surface area (Å²) in [5.41, 5.74) is -1.07. The normalized spacial score (nSPS) is 20.4. The van der Waals surface area contributed by atoms with Crippen LogP contribution in [-0.2, 0) is 10.0 Å². The van der Waals surface area contributed by atoms with Crippen molar-refractivity contribution in [2.24, 2.45) is 0 Å².